The second-order valence-corrected chi connectivity index (χ2v) is 5.16. The summed E-state index contributed by atoms with van der Waals surface area (Å²) in [5, 5.41) is 10.3. The Morgan fingerprint density at radius 1 is 1.28 bits per heavy atom. The number of hydrogen-bond donors (Lipinski definition) is 1. The molecule has 0 spiro atoms. The van der Waals surface area contributed by atoms with Gasteiger partial charge in [-0.1, -0.05) is 56.9 Å². The largest absolute Gasteiger partial charge is 0.390 e. The van der Waals surface area contributed by atoms with Gasteiger partial charge in [-0.15, -0.1) is 0 Å². The van der Waals surface area contributed by atoms with Gasteiger partial charge in [0.25, 0.3) is 0 Å². The highest BCUT2D eigenvalue weighted by atomic mass is 16.5. The van der Waals surface area contributed by atoms with E-state index in [1.807, 2.05) is 6.07 Å². The summed E-state index contributed by atoms with van der Waals surface area (Å²) in [6, 6.07) is 8.34. The van der Waals surface area contributed by atoms with Crippen molar-refractivity contribution in [2.75, 3.05) is 6.61 Å². The van der Waals surface area contributed by atoms with E-state index in [4.69, 9.17) is 4.74 Å². The van der Waals surface area contributed by atoms with Crippen LogP contribution in [0.3, 0.4) is 0 Å². The molecule has 0 aliphatic carbocycles. The Kier molecular flexibility index (Phi) is 5.21. The van der Waals surface area contributed by atoms with E-state index < -0.39 is 0 Å². The van der Waals surface area contributed by atoms with Gasteiger partial charge in [-0.05, 0) is 24.0 Å². The van der Waals surface area contributed by atoms with Gasteiger partial charge in [0.2, 0.25) is 0 Å². The Morgan fingerprint density at radius 3 is 2.94 bits per heavy atom. The van der Waals surface area contributed by atoms with Crippen LogP contribution in [-0.4, -0.2) is 17.8 Å². The second-order valence-electron chi connectivity index (χ2n) is 5.16. The fraction of sp³-hybridized carbons (Fsp3) is 0.625. The normalized spacial score (nSPS) is 20.4. The van der Waals surface area contributed by atoms with E-state index in [1.165, 1.54) is 30.4 Å². The third kappa shape index (κ3) is 3.33. The summed E-state index contributed by atoms with van der Waals surface area (Å²) in [6.07, 6.45) is 6.14. The molecule has 18 heavy (non-hydrogen) atoms. The lowest BCUT2D eigenvalue weighted by Crippen LogP contribution is -2.27. The molecular formula is C16H24O2. The molecule has 0 fully saturated rings. The zero-order valence-corrected chi connectivity index (χ0v) is 11.3. The first kappa shape index (κ1) is 13.6. The van der Waals surface area contributed by atoms with Crippen LogP contribution in [0.5, 0.6) is 0 Å². The maximum Gasteiger partial charge on any atom is 0.109 e. The molecule has 1 heterocycles. The summed E-state index contributed by atoms with van der Waals surface area (Å²) in [6.45, 7) is 2.94. The Hall–Kier alpha value is -0.860. The lowest BCUT2D eigenvalue weighted by molar-refractivity contribution is -0.0503. The molecular weight excluding hydrogens is 224 g/mol. The van der Waals surface area contributed by atoms with E-state index >= 15 is 0 Å². The molecule has 2 unspecified atom stereocenters. The van der Waals surface area contributed by atoms with Crippen molar-refractivity contribution in [3.05, 3.63) is 35.4 Å². The predicted octanol–water partition coefficient (Wildman–Crippen LogP) is 3.63. The molecule has 1 aliphatic rings. The van der Waals surface area contributed by atoms with E-state index in [0.29, 0.717) is 0 Å². The fourth-order valence-corrected chi connectivity index (χ4v) is 2.68. The summed E-state index contributed by atoms with van der Waals surface area (Å²) in [5.74, 6) is 0. The van der Waals surface area contributed by atoms with Gasteiger partial charge in [-0.2, -0.15) is 0 Å². The smallest absolute Gasteiger partial charge is 0.109 e. The number of rotatable bonds is 6. The third-order valence-corrected chi connectivity index (χ3v) is 3.73. The monoisotopic (exact) mass is 248 g/mol. The van der Waals surface area contributed by atoms with Gasteiger partial charge >= 0.3 is 0 Å². The van der Waals surface area contributed by atoms with Crippen LogP contribution in [0, 0.1) is 0 Å². The topological polar surface area (TPSA) is 29.5 Å². The number of fused-ring (bicyclic) bond motifs is 1. The average molecular weight is 248 g/mol. The van der Waals surface area contributed by atoms with E-state index in [2.05, 4.69) is 25.1 Å². The Bertz CT molecular complexity index is 362. The van der Waals surface area contributed by atoms with Crippen LogP contribution in [0.1, 0.15) is 56.3 Å². The second kappa shape index (κ2) is 6.91. The van der Waals surface area contributed by atoms with Crippen molar-refractivity contribution in [1.29, 1.82) is 0 Å². The number of unbranched alkanes of at least 4 members (excludes halogenated alkanes) is 3. The highest BCUT2D eigenvalue weighted by Gasteiger charge is 2.26. The molecule has 1 N–H and O–H groups in total. The summed E-state index contributed by atoms with van der Waals surface area (Å²) in [7, 11) is 0. The molecule has 100 valence electrons. The van der Waals surface area contributed by atoms with Crippen LogP contribution >= 0.6 is 0 Å². The molecule has 0 saturated carbocycles. The molecule has 0 amide bonds. The van der Waals surface area contributed by atoms with Gasteiger partial charge in [0, 0.05) is 0 Å². The summed E-state index contributed by atoms with van der Waals surface area (Å²) >= 11 is 0. The minimum absolute atomic E-state index is 0.114. The van der Waals surface area contributed by atoms with Crippen LogP contribution in [-0.2, 0) is 11.2 Å². The van der Waals surface area contributed by atoms with Gasteiger partial charge in [-0.3, -0.25) is 0 Å². The molecule has 2 nitrogen and oxygen atoms in total. The van der Waals surface area contributed by atoms with Crippen LogP contribution in [0.4, 0.5) is 0 Å². The standard InChI is InChI=1S/C16H24O2/c1-2-3-4-5-10-15(17)16-14-9-7-6-8-13(14)11-12-18-16/h6-9,15-17H,2-5,10-12H2,1H3. The highest BCUT2D eigenvalue weighted by Crippen LogP contribution is 2.31. The summed E-state index contributed by atoms with van der Waals surface area (Å²) in [4.78, 5) is 0. The molecule has 0 radical (unpaired) electrons. The molecule has 2 atom stereocenters. The quantitative estimate of drug-likeness (QED) is 0.779. The Labute approximate surface area is 110 Å². The highest BCUT2D eigenvalue weighted by molar-refractivity contribution is 5.31. The van der Waals surface area contributed by atoms with Gasteiger partial charge < -0.3 is 9.84 Å². The third-order valence-electron chi connectivity index (χ3n) is 3.73. The maximum atomic E-state index is 10.3. The van der Waals surface area contributed by atoms with E-state index in [0.717, 1.165) is 25.9 Å². The molecule has 0 bridgehead atoms. The Balaban J connectivity index is 1.93. The Morgan fingerprint density at radius 2 is 2.11 bits per heavy atom. The van der Waals surface area contributed by atoms with Gasteiger partial charge in [0.1, 0.15) is 6.10 Å². The van der Waals surface area contributed by atoms with Crippen molar-refractivity contribution in [3.8, 4) is 0 Å². The summed E-state index contributed by atoms with van der Waals surface area (Å²) < 4.78 is 5.77. The van der Waals surface area contributed by atoms with Gasteiger partial charge in [0.05, 0.1) is 12.7 Å². The van der Waals surface area contributed by atoms with Crippen LogP contribution in [0.25, 0.3) is 0 Å². The molecule has 0 saturated heterocycles. The van der Waals surface area contributed by atoms with Crippen LogP contribution in [0.15, 0.2) is 24.3 Å². The number of benzene rings is 1. The van der Waals surface area contributed by atoms with Crippen molar-refractivity contribution in [3.63, 3.8) is 0 Å². The zero-order valence-electron chi connectivity index (χ0n) is 11.3. The first-order chi connectivity index (χ1) is 8.83. The lowest BCUT2D eigenvalue weighted by atomic mass is 9.92. The van der Waals surface area contributed by atoms with Gasteiger partial charge in [-0.25, -0.2) is 0 Å². The number of ether oxygens (including phenoxy) is 1. The molecule has 2 heteroatoms. The average Bonchev–Trinajstić information content (AvgIpc) is 2.43. The first-order valence-corrected chi connectivity index (χ1v) is 7.20. The lowest BCUT2D eigenvalue weighted by Gasteiger charge is -2.29. The predicted molar refractivity (Wildman–Crippen MR) is 73.6 cm³/mol. The van der Waals surface area contributed by atoms with Crippen molar-refractivity contribution >= 4 is 0 Å². The number of aliphatic hydroxyl groups excluding tert-OH is 1. The van der Waals surface area contributed by atoms with Crippen LogP contribution < -0.4 is 0 Å². The van der Waals surface area contributed by atoms with Gasteiger partial charge in [0.15, 0.2) is 0 Å². The van der Waals surface area contributed by atoms with Crippen LogP contribution in [0.2, 0.25) is 0 Å². The van der Waals surface area contributed by atoms with Crippen molar-refractivity contribution < 1.29 is 9.84 Å². The minimum atomic E-state index is -0.358. The summed E-state index contributed by atoms with van der Waals surface area (Å²) in [5.41, 5.74) is 2.52. The zero-order chi connectivity index (χ0) is 12.8. The SMILES string of the molecule is CCCCCCC(O)C1OCCc2ccccc21. The number of aliphatic hydroxyl groups is 1. The fourth-order valence-electron chi connectivity index (χ4n) is 2.68. The molecule has 1 aromatic rings. The van der Waals surface area contributed by atoms with E-state index in [9.17, 15) is 5.11 Å². The van der Waals surface area contributed by atoms with E-state index in [1.54, 1.807) is 0 Å². The number of hydrogen-bond acceptors (Lipinski definition) is 2. The van der Waals surface area contributed by atoms with Crippen molar-refractivity contribution in [1.82, 2.24) is 0 Å². The van der Waals surface area contributed by atoms with Crippen molar-refractivity contribution in [2.24, 2.45) is 0 Å². The van der Waals surface area contributed by atoms with E-state index in [-0.39, 0.29) is 12.2 Å². The first-order valence-electron chi connectivity index (χ1n) is 7.20. The molecule has 1 aromatic carbocycles. The van der Waals surface area contributed by atoms with Crippen molar-refractivity contribution in [2.45, 2.75) is 57.7 Å². The molecule has 1 aliphatic heterocycles. The molecule has 2 rings (SSSR count). The molecule has 0 aromatic heterocycles. The maximum absolute atomic E-state index is 10.3. The minimum Gasteiger partial charge on any atom is -0.390 e.